The molecule has 3 rings (SSSR count). The Kier molecular flexibility index (Phi) is 4.85. The van der Waals surface area contributed by atoms with Crippen molar-refractivity contribution < 1.29 is 19.1 Å². The molecule has 1 saturated carbocycles. The van der Waals surface area contributed by atoms with Crippen molar-refractivity contribution >= 4 is 34.9 Å². The van der Waals surface area contributed by atoms with Gasteiger partial charge in [-0.3, -0.25) is 4.79 Å². The molecule has 0 spiro atoms. The number of aliphatic carboxylic acids is 1. The molecule has 2 N–H and O–H groups in total. The number of carboxylic acids is 1. The Hall–Kier alpha value is -2.02. The highest BCUT2D eigenvalue weighted by molar-refractivity contribution is 8.18. The molecule has 2 fully saturated rings. The lowest BCUT2D eigenvalue weighted by molar-refractivity contribution is -0.140. The molecule has 122 valence electrons. The summed E-state index contributed by atoms with van der Waals surface area (Å²) in [5.41, 5.74) is 0. The van der Waals surface area contributed by atoms with Crippen LogP contribution in [0, 0.1) is 5.92 Å². The van der Waals surface area contributed by atoms with E-state index in [9.17, 15) is 14.7 Å². The van der Waals surface area contributed by atoms with Gasteiger partial charge in [0, 0.05) is 6.08 Å². The number of amidine groups is 1. The highest BCUT2D eigenvalue weighted by atomic mass is 32.2. The molecule has 1 amide bonds. The quantitative estimate of drug-likeness (QED) is 0.826. The number of aliphatic imine (C=N–C) groups is 1. The van der Waals surface area contributed by atoms with Gasteiger partial charge >= 0.3 is 5.97 Å². The molecule has 2 aliphatic rings. The van der Waals surface area contributed by atoms with E-state index in [-0.39, 0.29) is 11.8 Å². The molecular weight excluding hydrogens is 316 g/mol. The zero-order valence-electron chi connectivity index (χ0n) is 12.5. The standard InChI is InChI=1S/C16H18N2O4S/c19-14-12(9-11-7-4-8-22-11)23-16(18-14)17-13(15(20)21)10-5-2-1-3-6-10/h4,7-10,13H,1-3,5-6H2,(H,20,21)(H,17,18,19). The van der Waals surface area contributed by atoms with Crippen LogP contribution < -0.4 is 5.32 Å². The van der Waals surface area contributed by atoms with E-state index < -0.39 is 12.0 Å². The Labute approximate surface area is 138 Å². The fourth-order valence-electron chi connectivity index (χ4n) is 2.93. The largest absolute Gasteiger partial charge is 0.480 e. The lowest BCUT2D eigenvalue weighted by Crippen LogP contribution is -2.32. The van der Waals surface area contributed by atoms with E-state index in [1.54, 1.807) is 18.2 Å². The topological polar surface area (TPSA) is 91.9 Å². The van der Waals surface area contributed by atoms with Gasteiger partial charge in [0.05, 0.1) is 11.2 Å². The number of nitrogens with one attached hydrogen (secondary N) is 1. The third kappa shape index (κ3) is 3.85. The summed E-state index contributed by atoms with van der Waals surface area (Å²) in [6.07, 6.45) is 8.15. The van der Waals surface area contributed by atoms with Crippen molar-refractivity contribution in [1.29, 1.82) is 0 Å². The van der Waals surface area contributed by atoms with Crippen molar-refractivity contribution in [2.45, 2.75) is 38.1 Å². The molecule has 1 saturated heterocycles. The first-order valence-corrected chi connectivity index (χ1v) is 8.50. The Morgan fingerprint density at radius 3 is 2.87 bits per heavy atom. The van der Waals surface area contributed by atoms with Crippen LogP contribution in [-0.2, 0) is 9.59 Å². The van der Waals surface area contributed by atoms with Crippen LogP contribution in [0.5, 0.6) is 0 Å². The van der Waals surface area contributed by atoms with E-state index >= 15 is 0 Å². The molecule has 1 aromatic rings. The number of rotatable bonds is 4. The zero-order chi connectivity index (χ0) is 16.2. The van der Waals surface area contributed by atoms with E-state index in [1.165, 1.54) is 6.26 Å². The molecule has 0 aromatic carbocycles. The number of hydrogen-bond acceptors (Lipinski definition) is 5. The van der Waals surface area contributed by atoms with Gasteiger partial charge in [-0.25, -0.2) is 9.79 Å². The molecule has 1 aromatic heterocycles. The van der Waals surface area contributed by atoms with Crippen LogP contribution in [0.15, 0.2) is 32.7 Å². The summed E-state index contributed by atoms with van der Waals surface area (Å²) >= 11 is 1.15. The number of thioether (sulfide) groups is 1. The molecule has 23 heavy (non-hydrogen) atoms. The van der Waals surface area contributed by atoms with Crippen LogP contribution >= 0.6 is 11.8 Å². The maximum atomic E-state index is 12.0. The van der Waals surface area contributed by atoms with Crippen LogP contribution in [0.3, 0.4) is 0 Å². The molecule has 1 unspecified atom stereocenters. The molecule has 1 aliphatic heterocycles. The van der Waals surface area contributed by atoms with Crippen molar-refractivity contribution in [3.05, 3.63) is 29.1 Å². The summed E-state index contributed by atoms with van der Waals surface area (Å²) < 4.78 is 5.19. The molecule has 6 nitrogen and oxygen atoms in total. The molecule has 0 bridgehead atoms. The predicted octanol–water partition coefficient (Wildman–Crippen LogP) is 2.87. The minimum absolute atomic E-state index is 0.0457. The van der Waals surface area contributed by atoms with Gasteiger partial charge in [-0.1, -0.05) is 19.3 Å². The second-order valence-corrected chi connectivity index (χ2v) is 6.73. The fourth-order valence-corrected chi connectivity index (χ4v) is 3.77. The Balaban J connectivity index is 1.76. The number of amides is 1. The van der Waals surface area contributed by atoms with Gasteiger partial charge in [-0.2, -0.15) is 0 Å². The predicted molar refractivity (Wildman–Crippen MR) is 87.9 cm³/mol. The lowest BCUT2D eigenvalue weighted by Gasteiger charge is -2.25. The average Bonchev–Trinajstić information content (AvgIpc) is 3.16. The Morgan fingerprint density at radius 2 is 2.22 bits per heavy atom. The van der Waals surface area contributed by atoms with Crippen molar-refractivity contribution in [1.82, 2.24) is 5.32 Å². The number of carbonyl (C=O) groups is 2. The van der Waals surface area contributed by atoms with E-state index in [4.69, 9.17) is 4.42 Å². The summed E-state index contributed by atoms with van der Waals surface area (Å²) in [6.45, 7) is 0. The Bertz CT molecular complexity index is 645. The van der Waals surface area contributed by atoms with Crippen molar-refractivity contribution in [3.8, 4) is 0 Å². The fraction of sp³-hybridized carbons (Fsp3) is 0.438. The molecule has 0 radical (unpaired) electrons. The van der Waals surface area contributed by atoms with Gasteiger partial charge in [-0.05, 0) is 42.7 Å². The first-order valence-electron chi connectivity index (χ1n) is 7.68. The summed E-state index contributed by atoms with van der Waals surface area (Å²) in [5.74, 6) is -0.587. The third-order valence-electron chi connectivity index (χ3n) is 4.07. The van der Waals surface area contributed by atoms with Gasteiger partial charge in [0.1, 0.15) is 5.76 Å². The van der Waals surface area contributed by atoms with Crippen LogP contribution in [0.25, 0.3) is 6.08 Å². The minimum atomic E-state index is -0.928. The monoisotopic (exact) mass is 334 g/mol. The number of carbonyl (C=O) groups excluding carboxylic acids is 1. The molecule has 7 heteroatoms. The van der Waals surface area contributed by atoms with Gasteiger partial charge in [0.2, 0.25) is 0 Å². The van der Waals surface area contributed by atoms with Crippen molar-refractivity contribution in [2.75, 3.05) is 0 Å². The van der Waals surface area contributed by atoms with Gasteiger partial charge < -0.3 is 14.8 Å². The van der Waals surface area contributed by atoms with Crippen molar-refractivity contribution in [3.63, 3.8) is 0 Å². The summed E-state index contributed by atoms with van der Waals surface area (Å²) in [6, 6.07) is 2.70. The normalized spacial score (nSPS) is 24.1. The summed E-state index contributed by atoms with van der Waals surface area (Å²) in [5, 5.41) is 12.5. The number of carboxylic acid groups (broad SMARTS) is 1. The highest BCUT2D eigenvalue weighted by Gasteiger charge is 2.32. The minimum Gasteiger partial charge on any atom is -0.480 e. The Morgan fingerprint density at radius 1 is 1.43 bits per heavy atom. The van der Waals surface area contributed by atoms with Crippen LogP contribution in [0.4, 0.5) is 0 Å². The van der Waals surface area contributed by atoms with Gasteiger partial charge in [0.25, 0.3) is 5.91 Å². The summed E-state index contributed by atoms with van der Waals surface area (Å²) in [4.78, 5) is 28.3. The van der Waals surface area contributed by atoms with Crippen molar-refractivity contribution in [2.24, 2.45) is 10.9 Å². The number of hydrogen-bond donors (Lipinski definition) is 2. The van der Waals surface area contributed by atoms with E-state index in [1.807, 2.05) is 0 Å². The van der Waals surface area contributed by atoms with E-state index in [2.05, 4.69) is 10.3 Å². The molecule has 2 heterocycles. The molecule has 1 aliphatic carbocycles. The van der Waals surface area contributed by atoms with Crippen LogP contribution in [0.2, 0.25) is 0 Å². The maximum Gasteiger partial charge on any atom is 0.328 e. The molecule has 1 atom stereocenters. The van der Waals surface area contributed by atoms with Crippen LogP contribution in [0.1, 0.15) is 37.9 Å². The maximum absolute atomic E-state index is 12.0. The second-order valence-electron chi connectivity index (χ2n) is 5.70. The SMILES string of the molecule is O=C1NC(=NC(C(=O)O)C2CCCCC2)SC1=Cc1ccco1. The smallest absolute Gasteiger partial charge is 0.328 e. The highest BCUT2D eigenvalue weighted by Crippen LogP contribution is 2.31. The summed E-state index contributed by atoms with van der Waals surface area (Å²) in [7, 11) is 0. The first kappa shape index (κ1) is 15.9. The van der Waals surface area contributed by atoms with Crippen LogP contribution in [-0.4, -0.2) is 28.2 Å². The average molecular weight is 334 g/mol. The van der Waals surface area contributed by atoms with Gasteiger partial charge in [0.15, 0.2) is 11.2 Å². The molecular formula is C16H18N2O4S. The number of furan rings is 1. The van der Waals surface area contributed by atoms with Gasteiger partial charge in [-0.15, -0.1) is 0 Å². The zero-order valence-corrected chi connectivity index (χ0v) is 13.3. The third-order valence-corrected chi connectivity index (χ3v) is 5.00. The van der Waals surface area contributed by atoms with E-state index in [0.29, 0.717) is 15.8 Å². The lowest BCUT2D eigenvalue weighted by atomic mass is 9.84. The second kappa shape index (κ2) is 7.04. The van der Waals surface area contributed by atoms with E-state index in [0.717, 1.165) is 43.9 Å². The first-order chi connectivity index (χ1) is 11.1. The number of nitrogens with zero attached hydrogens (tertiary/aromatic N) is 1.